The van der Waals surface area contributed by atoms with Gasteiger partial charge in [0.1, 0.15) is 17.3 Å². The maximum atomic E-state index is 13.8. The first-order chi connectivity index (χ1) is 13.7. The Morgan fingerprint density at radius 3 is 2.28 bits per heavy atom. The largest absolute Gasteiger partial charge is 0.457 e. The molecule has 0 atom stereocenters. The lowest BCUT2D eigenvalue weighted by molar-refractivity contribution is -0.127. The van der Waals surface area contributed by atoms with Gasteiger partial charge in [-0.15, -0.1) is 0 Å². The predicted molar refractivity (Wildman–Crippen MR) is 108 cm³/mol. The van der Waals surface area contributed by atoms with Gasteiger partial charge in [0.15, 0.2) is 0 Å². The van der Waals surface area contributed by atoms with Crippen LogP contribution in [0.3, 0.4) is 0 Å². The molecule has 0 aromatic heterocycles. The van der Waals surface area contributed by atoms with E-state index in [1.54, 1.807) is 6.34 Å². The summed E-state index contributed by atoms with van der Waals surface area (Å²) in [5.74, 6) is -0.189. The predicted octanol–water partition coefficient (Wildman–Crippen LogP) is 6.46. The van der Waals surface area contributed by atoms with Gasteiger partial charge in [-0.05, 0) is 61.2 Å². The van der Waals surface area contributed by atoms with Gasteiger partial charge in [0.25, 0.3) is 0 Å². The molecular weight excluding hydrogens is 384 g/mol. The van der Waals surface area contributed by atoms with Gasteiger partial charge in [0.05, 0.1) is 18.4 Å². The number of aryl methyl sites for hydroxylation is 2. The Kier molecular flexibility index (Phi) is 7.65. The molecule has 29 heavy (non-hydrogen) atoms. The van der Waals surface area contributed by atoms with E-state index in [2.05, 4.69) is 4.99 Å². The number of alkyl halides is 3. The molecule has 0 spiro atoms. The molecule has 2 aromatic rings. The second-order valence-electron chi connectivity index (χ2n) is 6.76. The fourth-order valence-corrected chi connectivity index (χ4v) is 2.76. The first-order valence-corrected chi connectivity index (χ1v) is 9.60. The summed E-state index contributed by atoms with van der Waals surface area (Å²) in [4.78, 5) is 6.50. The molecule has 0 fully saturated rings. The van der Waals surface area contributed by atoms with Crippen molar-refractivity contribution in [1.82, 2.24) is 4.90 Å². The van der Waals surface area contributed by atoms with Gasteiger partial charge >= 0.3 is 6.18 Å². The number of rotatable bonds is 8. The van der Waals surface area contributed by atoms with Crippen LogP contribution in [0.4, 0.5) is 23.2 Å². The molecule has 7 heteroatoms. The molecule has 0 N–H and O–H groups in total. The SMILES string of the molecule is CCc1cc(Oc2ccc(F)c(CC(F)(F)F)c2)c(CC)cc1N=CN(C)CC. The molecule has 0 bridgehead atoms. The summed E-state index contributed by atoms with van der Waals surface area (Å²) in [5.41, 5.74) is 2.22. The summed E-state index contributed by atoms with van der Waals surface area (Å²) in [6, 6.07) is 7.22. The highest BCUT2D eigenvalue weighted by molar-refractivity contribution is 5.65. The third kappa shape index (κ3) is 6.48. The second kappa shape index (κ2) is 9.76. The summed E-state index contributed by atoms with van der Waals surface area (Å²) >= 11 is 0. The van der Waals surface area contributed by atoms with Crippen LogP contribution < -0.4 is 4.74 Å². The average Bonchev–Trinajstić information content (AvgIpc) is 2.67. The smallest absolute Gasteiger partial charge is 0.393 e. The van der Waals surface area contributed by atoms with E-state index in [0.717, 1.165) is 35.5 Å². The lowest BCUT2D eigenvalue weighted by Crippen LogP contribution is -2.14. The third-order valence-electron chi connectivity index (χ3n) is 4.55. The number of hydrogen-bond donors (Lipinski definition) is 0. The Balaban J connectivity index is 2.37. The minimum atomic E-state index is -4.49. The molecule has 2 aromatic carbocycles. The number of benzene rings is 2. The summed E-state index contributed by atoms with van der Waals surface area (Å²) < 4.78 is 57.6. The summed E-state index contributed by atoms with van der Waals surface area (Å²) in [6.45, 7) is 6.81. The van der Waals surface area contributed by atoms with Crippen molar-refractivity contribution in [1.29, 1.82) is 0 Å². The first kappa shape index (κ1) is 22.7. The van der Waals surface area contributed by atoms with Gasteiger partial charge in [0.2, 0.25) is 0 Å². The average molecular weight is 410 g/mol. The standard InChI is InChI=1S/C22H26F4N2O/c1-5-15-12-21(16(6-2)11-20(15)27-14-28(4)7-3)29-18-8-9-19(23)17(10-18)13-22(24,25)26/h8-12,14H,5-7,13H2,1-4H3. The Morgan fingerprint density at radius 1 is 1.00 bits per heavy atom. The lowest BCUT2D eigenvalue weighted by Gasteiger charge is -2.16. The fraction of sp³-hybridized carbons (Fsp3) is 0.409. The van der Waals surface area contributed by atoms with Gasteiger partial charge in [-0.3, -0.25) is 0 Å². The van der Waals surface area contributed by atoms with Crippen molar-refractivity contribution in [3.63, 3.8) is 0 Å². The number of nitrogens with zero attached hydrogens (tertiary/aromatic N) is 2. The topological polar surface area (TPSA) is 24.8 Å². The van der Waals surface area contributed by atoms with Crippen LogP contribution >= 0.6 is 0 Å². The van der Waals surface area contributed by atoms with E-state index in [0.29, 0.717) is 18.6 Å². The highest BCUT2D eigenvalue weighted by Crippen LogP contribution is 2.34. The molecule has 3 nitrogen and oxygen atoms in total. The van der Waals surface area contributed by atoms with Crippen LogP contribution in [-0.4, -0.2) is 31.0 Å². The molecule has 0 saturated carbocycles. The Labute approximate surface area is 169 Å². The monoisotopic (exact) mass is 410 g/mol. The maximum absolute atomic E-state index is 13.8. The van der Waals surface area contributed by atoms with Gasteiger partial charge < -0.3 is 9.64 Å². The zero-order valence-corrected chi connectivity index (χ0v) is 17.1. The van der Waals surface area contributed by atoms with Gasteiger partial charge in [0, 0.05) is 19.2 Å². The molecule has 0 aliphatic rings. The molecule has 0 amide bonds. The highest BCUT2D eigenvalue weighted by Gasteiger charge is 2.29. The van der Waals surface area contributed by atoms with Gasteiger partial charge in [-0.25, -0.2) is 9.38 Å². The molecule has 158 valence electrons. The third-order valence-corrected chi connectivity index (χ3v) is 4.55. The minimum absolute atomic E-state index is 0.171. The van der Waals surface area contributed by atoms with Crippen LogP contribution in [0, 0.1) is 5.82 Å². The van der Waals surface area contributed by atoms with Crippen LogP contribution in [-0.2, 0) is 19.3 Å². The zero-order chi connectivity index (χ0) is 21.6. The van der Waals surface area contributed by atoms with Crippen LogP contribution in [0.1, 0.15) is 37.5 Å². The number of aliphatic imine (C=N–C) groups is 1. The fourth-order valence-electron chi connectivity index (χ4n) is 2.76. The van der Waals surface area contributed by atoms with E-state index in [9.17, 15) is 17.6 Å². The molecular formula is C22H26F4N2O. The van der Waals surface area contributed by atoms with E-state index in [4.69, 9.17) is 4.74 Å². The lowest BCUT2D eigenvalue weighted by atomic mass is 10.0. The summed E-state index contributed by atoms with van der Waals surface area (Å²) in [7, 11) is 1.93. The van der Waals surface area contributed by atoms with Crippen LogP contribution in [0.2, 0.25) is 0 Å². The van der Waals surface area contributed by atoms with Crippen LogP contribution in [0.5, 0.6) is 11.5 Å². The number of ether oxygens (including phenoxy) is 1. The van der Waals surface area contributed by atoms with E-state index in [1.807, 2.05) is 44.9 Å². The van der Waals surface area contributed by atoms with E-state index < -0.39 is 24.0 Å². The molecule has 0 heterocycles. The Hall–Kier alpha value is -2.57. The van der Waals surface area contributed by atoms with Crippen molar-refractivity contribution in [3.05, 3.63) is 52.8 Å². The summed E-state index contributed by atoms with van der Waals surface area (Å²) in [5, 5.41) is 0. The molecule has 0 unspecified atom stereocenters. The summed E-state index contributed by atoms with van der Waals surface area (Å²) in [6.07, 6.45) is -2.70. The molecule has 0 aliphatic carbocycles. The van der Waals surface area contributed by atoms with Gasteiger partial charge in [-0.2, -0.15) is 13.2 Å². The zero-order valence-electron chi connectivity index (χ0n) is 17.1. The van der Waals surface area contributed by atoms with E-state index in [1.165, 1.54) is 6.07 Å². The Morgan fingerprint density at radius 2 is 1.69 bits per heavy atom. The van der Waals surface area contributed by atoms with Crippen LogP contribution in [0.25, 0.3) is 0 Å². The van der Waals surface area contributed by atoms with E-state index >= 15 is 0 Å². The minimum Gasteiger partial charge on any atom is -0.457 e. The number of halogens is 4. The molecule has 0 radical (unpaired) electrons. The van der Waals surface area contributed by atoms with E-state index in [-0.39, 0.29) is 5.75 Å². The van der Waals surface area contributed by atoms with Crippen molar-refractivity contribution in [2.24, 2.45) is 4.99 Å². The highest BCUT2D eigenvalue weighted by atomic mass is 19.4. The number of hydrogen-bond acceptors (Lipinski definition) is 2. The quantitative estimate of drug-likeness (QED) is 0.283. The molecule has 2 rings (SSSR count). The van der Waals surface area contributed by atoms with Gasteiger partial charge in [-0.1, -0.05) is 13.8 Å². The van der Waals surface area contributed by atoms with Crippen molar-refractivity contribution < 1.29 is 22.3 Å². The second-order valence-corrected chi connectivity index (χ2v) is 6.76. The van der Waals surface area contributed by atoms with Crippen molar-refractivity contribution in [3.8, 4) is 11.5 Å². The van der Waals surface area contributed by atoms with Crippen LogP contribution in [0.15, 0.2) is 35.3 Å². The molecule has 0 aliphatic heterocycles. The van der Waals surface area contributed by atoms with Crippen molar-refractivity contribution in [2.75, 3.05) is 13.6 Å². The molecule has 0 saturated heterocycles. The Bertz CT molecular complexity index is 863. The van der Waals surface area contributed by atoms with Crippen molar-refractivity contribution in [2.45, 2.75) is 46.2 Å². The van der Waals surface area contributed by atoms with Crippen molar-refractivity contribution >= 4 is 12.0 Å². The maximum Gasteiger partial charge on any atom is 0.393 e. The first-order valence-electron chi connectivity index (χ1n) is 9.60. The normalized spacial score (nSPS) is 11.9.